The van der Waals surface area contributed by atoms with E-state index in [1.807, 2.05) is 33.1 Å². The highest BCUT2D eigenvalue weighted by molar-refractivity contribution is 7.89. The first-order valence-corrected chi connectivity index (χ1v) is 9.41. The Bertz CT molecular complexity index is 742. The first kappa shape index (κ1) is 18.4. The van der Waals surface area contributed by atoms with Crippen LogP contribution in [-0.2, 0) is 10.0 Å². The predicted molar refractivity (Wildman–Crippen MR) is 98.0 cm³/mol. The molecule has 0 saturated carbocycles. The topological polar surface area (TPSA) is 53.9 Å². The van der Waals surface area contributed by atoms with Crippen molar-refractivity contribution in [2.45, 2.75) is 10.9 Å². The Balaban J connectivity index is 2.15. The maximum Gasteiger partial charge on any atom is 0.240 e. The van der Waals surface area contributed by atoms with Gasteiger partial charge in [0.15, 0.2) is 0 Å². The lowest BCUT2D eigenvalue weighted by Crippen LogP contribution is -3.07. The normalized spacial score (nSPS) is 13.0. The molecule has 0 bridgehead atoms. The van der Waals surface area contributed by atoms with E-state index in [-0.39, 0.29) is 6.04 Å². The molecule has 2 aromatic rings. The van der Waals surface area contributed by atoms with E-state index < -0.39 is 10.0 Å². The summed E-state index contributed by atoms with van der Waals surface area (Å²) < 4.78 is 27.5. The molecule has 0 aliphatic rings. The summed E-state index contributed by atoms with van der Waals surface area (Å²) in [4.78, 5) is 3.50. The van der Waals surface area contributed by atoms with Gasteiger partial charge in [0.05, 0.1) is 25.5 Å². The Labute approximate surface area is 145 Å². The Morgan fingerprint density at radius 2 is 1.58 bits per heavy atom. The summed E-state index contributed by atoms with van der Waals surface area (Å²) in [6, 6.07) is 16.7. The molecule has 5 nitrogen and oxygen atoms in total. The zero-order chi connectivity index (χ0) is 17.7. The molecule has 2 N–H and O–H groups in total. The number of hydrogen-bond acceptors (Lipinski definition) is 3. The number of nitrogens with zero attached hydrogens (tertiary/aromatic N) is 1. The third-order valence-electron chi connectivity index (χ3n) is 4.04. The van der Waals surface area contributed by atoms with Crippen molar-refractivity contribution in [3.8, 4) is 0 Å². The molecule has 0 fully saturated rings. The summed E-state index contributed by atoms with van der Waals surface area (Å²) in [5.74, 6) is 0. The molecular weight excluding hydrogens is 322 g/mol. The highest BCUT2D eigenvalue weighted by Crippen LogP contribution is 2.16. The maximum absolute atomic E-state index is 12.4. The summed E-state index contributed by atoms with van der Waals surface area (Å²) in [7, 11) is 4.56. The van der Waals surface area contributed by atoms with E-state index >= 15 is 0 Å². The van der Waals surface area contributed by atoms with Gasteiger partial charge in [0.25, 0.3) is 0 Å². The fourth-order valence-corrected chi connectivity index (χ4v) is 3.60. The first-order chi connectivity index (χ1) is 11.3. The third-order valence-corrected chi connectivity index (χ3v) is 5.48. The van der Waals surface area contributed by atoms with E-state index in [1.54, 1.807) is 30.3 Å². The fourth-order valence-electron chi connectivity index (χ4n) is 2.54. The van der Waals surface area contributed by atoms with Gasteiger partial charge in [-0.05, 0) is 24.3 Å². The molecule has 0 aliphatic heterocycles. The lowest BCUT2D eigenvalue weighted by atomic mass is 10.1. The van der Waals surface area contributed by atoms with Crippen LogP contribution in [0, 0.1) is 0 Å². The quantitative estimate of drug-likeness (QED) is 0.782. The van der Waals surface area contributed by atoms with Crippen LogP contribution in [0.5, 0.6) is 0 Å². The summed E-state index contributed by atoms with van der Waals surface area (Å²) in [6.07, 6.45) is 0. The molecule has 0 aromatic heterocycles. The van der Waals surface area contributed by atoms with Gasteiger partial charge in [-0.3, -0.25) is 0 Å². The minimum atomic E-state index is -3.49. The van der Waals surface area contributed by atoms with Gasteiger partial charge >= 0.3 is 0 Å². The summed E-state index contributed by atoms with van der Waals surface area (Å²) in [5, 5.41) is 0. The monoisotopic (exact) mass is 348 g/mol. The first-order valence-electron chi connectivity index (χ1n) is 7.93. The van der Waals surface area contributed by atoms with Crippen LogP contribution in [-0.4, -0.2) is 43.2 Å². The third kappa shape index (κ3) is 4.56. The molecule has 24 heavy (non-hydrogen) atoms. The number of nitrogens with one attached hydrogen (secondary N) is 2. The molecule has 0 radical (unpaired) electrons. The van der Waals surface area contributed by atoms with Crippen molar-refractivity contribution in [3.63, 3.8) is 0 Å². The van der Waals surface area contributed by atoms with Crippen molar-refractivity contribution >= 4 is 15.7 Å². The molecule has 0 aliphatic carbocycles. The van der Waals surface area contributed by atoms with Gasteiger partial charge in [0.2, 0.25) is 10.0 Å². The fraction of sp³-hybridized carbons (Fsp3) is 0.333. The number of quaternary nitrogens is 1. The minimum Gasteiger partial charge on any atom is -0.378 e. The molecule has 0 spiro atoms. The SMILES string of the molecule is CN(C)c1ccc([C@@H](CNS(=O)(=O)c2ccccc2)[NH+](C)C)cc1. The van der Waals surface area contributed by atoms with Crippen LogP contribution in [0.15, 0.2) is 59.5 Å². The van der Waals surface area contributed by atoms with Crippen LogP contribution >= 0.6 is 0 Å². The number of rotatable bonds is 7. The zero-order valence-corrected chi connectivity index (χ0v) is 15.5. The average Bonchev–Trinajstić information content (AvgIpc) is 2.56. The molecule has 1 atom stereocenters. The number of hydrogen-bond donors (Lipinski definition) is 2. The molecule has 0 amide bonds. The molecule has 0 heterocycles. The average molecular weight is 348 g/mol. The summed E-state index contributed by atoms with van der Waals surface area (Å²) in [6.45, 7) is 0.348. The van der Waals surface area contributed by atoms with Crippen molar-refractivity contribution in [1.29, 1.82) is 0 Å². The second kappa shape index (κ2) is 7.79. The second-order valence-corrected chi connectivity index (χ2v) is 8.05. The Morgan fingerprint density at radius 3 is 2.08 bits per heavy atom. The van der Waals surface area contributed by atoms with Crippen LogP contribution < -0.4 is 14.5 Å². The number of anilines is 1. The van der Waals surface area contributed by atoms with Crippen LogP contribution in [0.2, 0.25) is 0 Å². The van der Waals surface area contributed by atoms with Gasteiger partial charge in [-0.2, -0.15) is 0 Å². The molecule has 0 unspecified atom stereocenters. The Kier molecular flexibility index (Phi) is 5.99. The highest BCUT2D eigenvalue weighted by atomic mass is 32.2. The lowest BCUT2D eigenvalue weighted by Gasteiger charge is -2.23. The molecule has 2 aromatic carbocycles. The number of sulfonamides is 1. The zero-order valence-electron chi connectivity index (χ0n) is 14.7. The molecule has 6 heteroatoms. The van der Waals surface area contributed by atoms with E-state index in [4.69, 9.17) is 0 Å². The van der Waals surface area contributed by atoms with Gasteiger partial charge in [0.1, 0.15) is 6.04 Å². The minimum absolute atomic E-state index is 0.0414. The van der Waals surface area contributed by atoms with E-state index in [2.05, 4.69) is 29.0 Å². The van der Waals surface area contributed by atoms with Crippen LogP contribution in [0.1, 0.15) is 11.6 Å². The van der Waals surface area contributed by atoms with E-state index in [0.717, 1.165) is 11.3 Å². The van der Waals surface area contributed by atoms with E-state index in [1.165, 1.54) is 4.90 Å². The van der Waals surface area contributed by atoms with Crippen molar-refractivity contribution in [3.05, 3.63) is 60.2 Å². The summed E-state index contributed by atoms with van der Waals surface area (Å²) >= 11 is 0. The smallest absolute Gasteiger partial charge is 0.240 e. The van der Waals surface area contributed by atoms with Gasteiger partial charge < -0.3 is 9.80 Å². The van der Waals surface area contributed by atoms with Gasteiger partial charge in [-0.1, -0.05) is 30.3 Å². The van der Waals surface area contributed by atoms with Crippen LogP contribution in [0.3, 0.4) is 0 Å². The highest BCUT2D eigenvalue weighted by Gasteiger charge is 2.22. The van der Waals surface area contributed by atoms with Crippen molar-refractivity contribution in [2.24, 2.45) is 0 Å². The Morgan fingerprint density at radius 1 is 1.00 bits per heavy atom. The predicted octanol–water partition coefficient (Wildman–Crippen LogP) is 0.917. The number of likely N-dealkylation sites (N-methyl/N-ethyl adjacent to an activating group) is 1. The van der Waals surface area contributed by atoms with Crippen molar-refractivity contribution in [1.82, 2.24) is 4.72 Å². The van der Waals surface area contributed by atoms with Crippen LogP contribution in [0.25, 0.3) is 0 Å². The molecule has 2 rings (SSSR count). The van der Waals surface area contributed by atoms with Gasteiger partial charge in [0, 0.05) is 25.3 Å². The molecule has 130 valence electrons. The van der Waals surface area contributed by atoms with Gasteiger partial charge in [-0.25, -0.2) is 13.1 Å². The summed E-state index contributed by atoms with van der Waals surface area (Å²) in [5.41, 5.74) is 2.23. The molecular formula is C18H26N3O2S+. The second-order valence-electron chi connectivity index (χ2n) is 6.28. The van der Waals surface area contributed by atoms with Crippen LogP contribution in [0.4, 0.5) is 5.69 Å². The van der Waals surface area contributed by atoms with Crippen molar-refractivity contribution in [2.75, 3.05) is 39.6 Å². The van der Waals surface area contributed by atoms with E-state index in [0.29, 0.717) is 11.4 Å². The standard InChI is InChI=1S/C18H25N3O2S/c1-20(2)16-12-10-15(11-13-16)18(21(3)4)14-19-24(22,23)17-8-6-5-7-9-17/h5-13,18-19H,14H2,1-4H3/p+1/t18-/m1/s1. The maximum atomic E-state index is 12.4. The molecule has 0 saturated heterocycles. The van der Waals surface area contributed by atoms with Gasteiger partial charge in [-0.15, -0.1) is 0 Å². The lowest BCUT2D eigenvalue weighted by molar-refractivity contribution is -0.890. The van der Waals surface area contributed by atoms with Crippen molar-refractivity contribution < 1.29 is 13.3 Å². The Hall–Kier alpha value is -1.89. The largest absolute Gasteiger partial charge is 0.378 e. The number of benzene rings is 2. The van der Waals surface area contributed by atoms with E-state index in [9.17, 15) is 8.42 Å².